The van der Waals surface area contributed by atoms with Crippen molar-refractivity contribution in [1.82, 2.24) is 9.88 Å². The third-order valence-electron chi connectivity index (χ3n) is 5.63. The summed E-state index contributed by atoms with van der Waals surface area (Å²) in [4.78, 5) is 36.3. The van der Waals surface area contributed by atoms with Crippen LogP contribution in [0.4, 0.5) is 10.5 Å². The number of aryl methyl sites for hydroxylation is 3. The first-order valence-corrected chi connectivity index (χ1v) is 10.4. The minimum Gasteiger partial charge on any atom is -0.871 e. The van der Waals surface area contributed by atoms with Gasteiger partial charge in [-0.1, -0.05) is 42.1 Å². The van der Waals surface area contributed by atoms with E-state index in [1.54, 1.807) is 18.2 Å². The number of rotatable bonds is 6. The zero-order valence-corrected chi connectivity index (χ0v) is 24.9. The summed E-state index contributed by atoms with van der Waals surface area (Å²) in [5, 5.41) is 28.5. The number of benzene rings is 2. The van der Waals surface area contributed by atoms with Crippen molar-refractivity contribution in [2.45, 2.75) is 33.2 Å². The molecular weight excluding hydrogens is 468 g/mol. The molecule has 8 nitrogen and oxygen atoms in total. The largest absolute Gasteiger partial charge is 1.00 e. The fourth-order valence-electron chi connectivity index (χ4n) is 3.70. The predicted molar refractivity (Wildman–Crippen MR) is 122 cm³/mol. The molecule has 0 aliphatic rings. The molecule has 10 heteroatoms. The number of pyridine rings is 1. The van der Waals surface area contributed by atoms with E-state index in [1.807, 2.05) is 38.1 Å². The van der Waals surface area contributed by atoms with E-state index in [0.29, 0.717) is 11.1 Å². The Balaban J connectivity index is 0.00000306. The van der Waals surface area contributed by atoms with E-state index in [-0.39, 0.29) is 59.1 Å². The molecule has 35 heavy (non-hydrogen) atoms. The van der Waals surface area contributed by atoms with Crippen molar-refractivity contribution in [2.24, 2.45) is 7.05 Å². The minimum absolute atomic E-state index is 0. The average molecular weight is 493 g/mol. The number of aliphatic carboxylic acids is 1. The summed E-state index contributed by atoms with van der Waals surface area (Å²) in [6, 6.07) is 11.3. The minimum atomic E-state index is -1.35. The molecular formula is C25H25N3Na2O5. The number of carboxylic acid groups (broad SMARTS) is 1. The van der Waals surface area contributed by atoms with Crippen LogP contribution in [0.3, 0.4) is 0 Å². The number of nitrogens with one attached hydrogen (secondary N) is 2. The summed E-state index contributed by atoms with van der Waals surface area (Å²) in [5.41, 5.74) is 3.86. The average Bonchev–Trinajstić information content (AvgIpc) is 2.76. The first-order chi connectivity index (χ1) is 15.6. The van der Waals surface area contributed by atoms with Gasteiger partial charge >= 0.3 is 65.1 Å². The first kappa shape index (κ1) is 31.0. The van der Waals surface area contributed by atoms with Crippen LogP contribution in [0.25, 0.3) is 11.1 Å². The Bertz CT molecular complexity index is 1290. The number of aromatic nitrogens is 1. The molecule has 0 aliphatic carbocycles. The summed E-state index contributed by atoms with van der Waals surface area (Å²) >= 11 is 0. The number of hydrogen-bond acceptors (Lipinski definition) is 5. The van der Waals surface area contributed by atoms with E-state index in [0.717, 1.165) is 22.3 Å². The fraction of sp³-hybridized carbons (Fsp3) is 0.240. The molecule has 0 aliphatic heterocycles. The van der Waals surface area contributed by atoms with Crippen LogP contribution in [-0.2, 0) is 11.8 Å². The van der Waals surface area contributed by atoms with Crippen molar-refractivity contribution in [3.63, 3.8) is 0 Å². The number of carbonyl (C=O) groups excluding carboxylic acids is 2. The molecule has 2 N–H and O–H groups in total. The zero-order chi connectivity index (χ0) is 24.3. The van der Waals surface area contributed by atoms with E-state index >= 15 is 0 Å². The molecule has 1 atom stereocenters. The molecule has 172 valence electrons. The predicted octanol–water partition coefficient (Wildman–Crippen LogP) is -3.94. The molecule has 0 spiro atoms. The summed E-state index contributed by atoms with van der Waals surface area (Å²) < 4.78 is 1.19. The second-order valence-corrected chi connectivity index (χ2v) is 8.03. The second-order valence-electron chi connectivity index (χ2n) is 8.03. The van der Waals surface area contributed by atoms with Gasteiger partial charge in [-0.3, -0.25) is 4.79 Å². The van der Waals surface area contributed by atoms with Gasteiger partial charge in [0.2, 0.25) is 0 Å². The number of amides is 2. The third kappa shape index (κ3) is 7.46. The van der Waals surface area contributed by atoms with Crippen LogP contribution >= 0.6 is 0 Å². The molecule has 2 amide bonds. The summed E-state index contributed by atoms with van der Waals surface area (Å²) in [7, 11) is 1.47. The molecule has 1 heterocycles. The van der Waals surface area contributed by atoms with Crippen molar-refractivity contribution in [3.8, 4) is 16.9 Å². The normalized spacial score (nSPS) is 11.0. The summed E-state index contributed by atoms with van der Waals surface area (Å²) in [6.07, 6.45) is 0.894. The van der Waals surface area contributed by atoms with E-state index in [2.05, 4.69) is 10.6 Å². The number of nitrogens with zero attached hydrogens (tertiary/aromatic N) is 1. The maximum absolute atomic E-state index is 12.6. The molecule has 0 saturated heterocycles. The Hall–Kier alpha value is -2.07. The summed E-state index contributed by atoms with van der Waals surface area (Å²) in [5.74, 6) is -1.95. The molecule has 2 aromatic carbocycles. The smallest absolute Gasteiger partial charge is 0.871 e. The SMILES string of the molecule is Cc1cccc(-c2cccc([C@H](CC(=O)[O-])NC(=O)Nc3c([O-])c(C)cn(C)c3=O)c2)c1C.[Na+].[Na+]. The maximum atomic E-state index is 12.6. The monoisotopic (exact) mass is 493 g/mol. The number of anilines is 1. The van der Waals surface area contributed by atoms with Crippen LogP contribution in [0.5, 0.6) is 5.75 Å². The van der Waals surface area contributed by atoms with Gasteiger partial charge in [-0.05, 0) is 60.2 Å². The summed E-state index contributed by atoms with van der Waals surface area (Å²) in [6.45, 7) is 5.54. The van der Waals surface area contributed by atoms with E-state index in [1.165, 1.54) is 24.7 Å². The maximum Gasteiger partial charge on any atom is 1.00 e. The molecule has 3 rings (SSSR count). The Morgan fingerprint density at radius 1 is 1.03 bits per heavy atom. The van der Waals surface area contributed by atoms with Gasteiger partial charge in [-0.25, -0.2) is 4.79 Å². The standard InChI is InChI=1S/C25H27N3O5.2Na/c1-14-7-5-10-19(16(14)3)17-8-6-9-18(11-17)20(12-21(29)30)26-25(33)27-22-23(31)15(2)13-28(4)24(22)32;;/h5-11,13,20,31H,12H2,1-4H3,(H,29,30)(H2,26,27,33);;/q;2*+1/p-2/t20-;;/m0../s1. The Morgan fingerprint density at radius 3 is 2.34 bits per heavy atom. The fourth-order valence-corrected chi connectivity index (χ4v) is 3.70. The molecule has 0 bridgehead atoms. The Morgan fingerprint density at radius 2 is 1.69 bits per heavy atom. The molecule has 0 unspecified atom stereocenters. The molecule has 3 aromatic rings. The van der Waals surface area contributed by atoms with Gasteiger partial charge in [0.15, 0.2) is 0 Å². The van der Waals surface area contributed by atoms with E-state index < -0.39 is 41.5 Å². The van der Waals surface area contributed by atoms with Crippen molar-refractivity contribution in [2.75, 3.05) is 5.32 Å². The number of hydrogen-bond donors (Lipinski definition) is 2. The zero-order valence-electron chi connectivity index (χ0n) is 20.9. The number of urea groups is 1. The van der Waals surface area contributed by atoms with Crippen LogP contribution in [0, 0.1) is 20.8 Å². The molecule has 0 saturated carbocycles. The van der Waals surface area contributed by atoms with Gasteiger partial charge in [0.05, 0.1) is 6.04 Å². The van der Waals surface area contributed by atoms with Crippen molar-refractivity contribution in [1.29, 1.82) is 0 Å². The van der Waals surface area contributed by atoms with Gasteiger partial charge in [0.25, 0.3) is 5.56 Å². The number of carbonyl (C=O) groups is 2. The van der Waals surface area contributed by atoms with Crippen LogP contribution < -0.4 is 85.5 Å². The Labute approximate surface area is 248 Å². The quantitative estimate of drug-likeness (QED) is 0.339. The molecule has 0 radical (unpaired) electrons. The van der Waals surface area contributed by atoms with Crippen molar-refractivity contribution < 1.29 is 78.9 Å². The number of carboxylic acids is 1. The van der Waals surface area contributed by atoms with Crippen LogP contribution in [0.1, 0.15) is 34.7 Å². The van der Waals surface area contributed by atoms with E-state index in [4.69, 9.17) is 0 Å². The van der Waals surface area contributed by atoms with Gasteiger partial charge in [0, 0.05) is 25.6 Å². The first-order valence-electron chi connectivity index (χ1n) is 10.4. The van der Waals surface area contributed by atoms with Gasteiger partial charge < -0.3 is 30.2 Å². The van der Waals surface area contributed by atoms with Crippen molar-refractivity contribution in [3.05, 3.63) is 81.3 Å². The molecule has 1 aromatic heterocycles. The van der Waals surface area contributed by atoms with Crippen molar-refractivity contribution >= 4 is 17.7 Å². The van der Waals surface area contributed by atoms with E-state index in [9.17, 15) is 24.6 Å². The Kier molecular flexibility index (Phi) is 11.8. The second kappa shape index (κ2) is 13.3. The molecule has 0 fully saturated rings. The van der Waals surface area contributed by atoms with Crippen LogP contribution in [0.15, 0.2) is 53.5 Å². The van der Waals surface area contributed by atoms with Gasteiger partial charge in [-0.15, -0.1) is 0 Å². The van der Waals surface area contributed by atoms with Crippen LogP contribution in [0.2, 0.25) is 0 Å². The topological polar surface area (TPSA) is 126 Å². The van der Waals surface area contributed by atoms with Crippen LogP contribution in [-0.4, -0.2) is 16.6 Å². The van der Waals surface area contributed by atoms with Gasteiger partial charge in [0.1, 0.15) is 5.69 Å². The van der Waals surface area contributed by atoms with Gasteiger partial charge in [-0.2, -0.15) is 0 Å². The third-order valence-corrected chi connectivity index (χ3v) is 5.63.